The SMILES string of the molecule is Cc1cc(Cc2nccn3c(C4=CCN=C4C(F)(F)F)cnc23)ccc1C(=O)N1CCN(C(=O)C2CCCC2)CC1. The minimum atomic E-state index is -4.54. The Labute approximate surface area is 235 Å². The quantitative estimate of drug-likeness (QED) is 0.457. The molecule has 2 fully saturated rings. The van der Waals surface area contributed by atoms with E-state index in [1.807, 2.05) is 34.9 Å². The third kappa shape index (κ3) is 5.25. The maximum Gasteiger partial charge on any atom is 0.433 e. The molecule has 2 amide bonds. The number of fused-ring (bicyclic) bond motifs is 1. The van der Waals surface area contributed by atoms with Crippen LogP contribution in [0.25, 0.3) is 11.2 Å². The number of hydrogen-bond donors (Lipinski definition) is 0. The van der Waals surface area contributed by atoms with Crippen molar-refractivity contribution < 1.29 is 22.8 Å². The largest absolute Gasteiger partial charge is 0.433 e. The number of amides is 2. The molecule has 0 spiro atoms. The fraction of sp³-hybridized carbons (Fsp3) is 0.433. The van der Waals surface area contributed by atoms with E-state index in [0.29, 0.717) is 55.2 Å². The lowest BCUT2D eigenvalue weighted by Gasteiger charge is -2.36. The zero-order valence-corrected chi connectivity index (χ0v) is 22.8. The van der Waals surface area contributed by atoms with Crippen LogP contribution in [0.4, 0.5) is 13.2 Å². The van der Waals surface area contributed by atoms with Crippen LogP contribution in [-0.4, -0.2) is 80.6 Å². The summed E-state index contributed by atoms with van der Waals surface area (Å²) in [6.07, 6.45) is 6.08. The molecule has 2 aliphatic heterocycles. The summed E-state index contributed by atoms with van der Waals surface area (Å²) in [6, 6.07) is 5.63. The van der Waals surface area contributed by atoms with Crippen molar-refractivity contribution in [1.29, 1.82) is 0 Å². The van der Waals surface area contributed by atoms with Gasteiger partial charge >= 0.3 is 6.18 Å². The molecule has 214 valence electrons. The lowest BCUT2D eigenvalue weighted by atomic mass is 10.0. The van der Waals surface area contributed by atoms with Crippen LogP contribution >= 0.6 is 0 Å². The predicted molar refractivity (Wildman–Crippen MR) is 148 cm³/mol. The number of aromatic nitrogens is 3. The summed E-state index contributed by atoms with van der Waals surface area (Å²) >= 11 is 0. The molecule has 41 heavy (non-hydrogen) atoms. The van der Waals surface area contributed by atoms with Gasteiger partial charge in [0.25, 0.3) is 5.91 Å². The van der Waals surface area contributed by atoms with Crippen LogP contribution in [0.15, 0.2) is 47.9 Å². The van der Waals surface area contributed by atoms with E-state index in [1.54, 1.807) is 16.8 Å². The number of benzene rings is 1. The maximum absolute atomic E-state index is 13.5. The Balaban J connectivity index is 1.15. The Morgan fingerprint density at radius 3 is 2.46 bits per heavy atom. The molecule has 3 aliphatic rings. The average Bonchev–Trinajstić information content (AvgIpc) is 3.73. The van der Waals surface area contributed by atoms with Crippen molar-refractivity contribution in [3.63, 3.8) is 0 Å². The zero-order chi connectivity index (χ0) is 28.7. The van der Waals surface area contributed by atoms with E-state index < -0.39 is 11.9 Å². The standard InChI is InChI=1S/C30H31F3N6O2/c1-19-16-20(6-7-22(19)29(41)38-14-12-37(13-15-38)28(40)21-4-2-3-5-21)17-24-27-36-18-25(39(27)11-10-34-24)23-8-9-35-26(23)30(31,32)33/h6-8,10-11,16,18,21H,2-5,9,12-15,17H2,1H3. The van der Waals surface area contributed by atoms with Crippen molar-refractivity contribution in [3.05, 3.63) is 70.9 Å². The van der Waals surface area contributed by atoms with E-state index in [9.17, 15) is 22.8 Å². The molecule has 1 saturated carbocycles. The van der Waals surface area contributed by atoms with Crippen LogP contribution in [0.3, 0.4) is 0 Å². The van der Waals surface area contributed by atoms with Gasteiger partial charge in [0.2, 0.25) is 5.91 Å². The van der Waals surface area contributed by atoms with Gasteiger partial charge in [-0.1, -0.05) is 31.1 Å². The average molecular weight is 565 g/mol. The van der Waals surface area contributed by atoms with Crippen LogP contribution in [-0.2, 0) is 11.2 Å². The third-order valence-corrected chi connectivity index (χ3v) is 8.32. The number of carbonyl (C=O) groups is 2. The monoisotopic (exact) mass is 564 g/mol. The van der Waals surface area contributed by atoms with Crippen molar-refractivity contribution in [2.24, 2.45) is 10.9 Å². The number of hydrogen-bond acceptors (Lipinski definition) is 5. The molecule has 0 radical (unpaired) electrons. The number of carbonyl (C=O) groups excluding carboxylic acids is 2. The summed E-state index contributed by atoms with van der Waals surface area (Å²) in [5.41, 5.74) is 2.89. The van der Waals surface area contributed by atoms with Crippen LogP contribution in [0.1, 0.15) is 58.6 Å². The van der Waals surface area contributed by atoms with E-state index in [-0.39, 0.29) is 29.9 Å². The molecule has 8 nitrogen and oxygen atoms in total. The van der Waals surface area contributed by atoms with Crippen LogP contribution in [0.5, 0.6) is 0 Å². The third-order valence-electron chi connectivity index (χ3n) is 8.32. The summed E-state index contributed by atoms with van der Waals surface area (Å²) in [4.78, 5) is 42.3. The minimum Gasteiger partial charge on any atom is -0.339 e. The number of aliphatic imine (C=N–C) groups is 1. The molecule has 0 bridgehead atoms. The van der Waals surface area contributed by atoms with Gasteiger partial charge in [-0.15, -0.1) is 0 Å². The van der Waals surface area contributed by atoms with Gasteiger partial charge in [-0.05, 0) is 37.0 Å². The molecular weight excluding hydrogens is 533 g/mol. The molecule has 0 N–H and O–H groups in total. The lowest BCUT2D eigenvalue weighted by molar-refractivity contribution is -0.136. The number of nitrogens with zero attached hydrogens (tertiary/aromatic N) is 6. The van der Waals surface area contributed by atoms with Crippen molar-refractivity contribution in [1.82, 2.24) is 24.2 Å². The van der Waals surface area contributed by atoms with Crippen molar-refractivity contribution in [2.45, 2.75) is 45.2 Å². The second-order valence-corrected chi connectivity index (χ2v) is 10.9. The Hall–Kier alpha value is -4.02. The zero-order valence-electron chi connectivity index (χ0n) is 22.8. The van der Waals surface area contributed by atoms with Crippen LogP contribution in [0, 0.1) is 12.8 Å². The second-order valence-electron chi connectivity index (χ2n) is 10.9. The highest BCUT2D eigenvalue weighted by molar-refractivity contribution is 6.27. The molecule has 1 aromatic carbocycles. The van der Waals surface area contributed by atoms with Gasteiger partial charge in [0, 0.05) is 62.0 Å². The first-order valence-electron chi connectivity index (χ1n) is 14.0. The number of alkyl halides is 3. The topological polar surface area (TPSA) is 83.2 Å². The van der Waals surface area contributed by atoms with E-state index in [2.05, 4.69) is 15.0 Å². The van der Waals surface area contributed by atoms with Gasteiger partial charge in [0.05, 0.1) is 24.1 Å². The molecule has 3 aromatic rings. The number of halogens is 3. The first-order chi connectivity index (χ1) is 19.7. The highest BCUT2D eigenvalue weighted by atomic mass is 19.4. The summed E-state index contributed by atoms with van der Waals surface area (Å²) in [6.45, 7) is 4.03. The maximum atomic E-state index is 13.5. The van der Waals surface area contributed by atoms with Crippen molar-refractivity contribution in [3.8, 4) is 0 Å². The number of allylic oxidation sites excluding steroid dienone is 1. The minimum absolute atomic E-state index is 0.0181. The summed E-state index contributed by atoms with van der Waals surface area (Å²) in [5, 5.41) is 0. The molecular formula is C30H31F3N6O2. The summed E-state index contributed by atoms with van der Waals surface area (Å²) in [7, 11) is 0. The molecule has 2 aromatic heterocycles. The second kappa shape index (κ2) is 10.8. The fourth-order valence-corrected chi connectivity index (χ4v) is 6.18. The Morgan fingerprint density at radius 1 is 1.02 bits per heavy atom. The van der Waals surface area contributed by atoms with E-state index in [1.165, 1.54) is 12.3 Å². The van der Waals surface area contributed by atoms with Crippen molar-refractivity contribution >= 4 is 28.7 Å². The number of piperazine rings is 1. The normalized spacial score (nSPS) is 18.2. The van der Waals surface area contributed by atoms with Gasteiger partial charge < -0.3 is 9.80 Å². The summed E-state index contributed by atoms with van der Waals surface area (Å²) in [5.74, 6) is 0.330. The van der Waals surface area contributed by atoms with Crippen LogP contribution in [0.2, 0.25) is 0 Å². The van der Waals surface area contributed by atoms with Gasteiger partial charge in [0.15, 0.2) is 5.65 Å². The first kappa shape index (κ1) is 27.2. The summed E-state index contributed by atoms with van der Waals surface area (Å²) < 4.78 is 42.0. The molecule has 11 heteroatoms. The van der Waals surface area contributed by atoms with E-state index in [0.717, 1.165) is 36.8 Å². The van der Waals surface area contributed by atoms with Gasteiger partial charge in [-0.3, -0.25) is 24.0 Å². The molecule has 0 atom stereocenters. The van der Waals surface area contributed by atoms with Crippen molar-refractivity contribution in [2.75, 3.05) is 32.7 Å². The molecule has 1 saturated heterocycles. The Morgan fingerprint density at radius 2 is 1.76 bits per heavy atom. The lowest BCUT2D eigenvalue weighted by Crippen LogP contribution is -2.51. The number of imidazole rings is 1. The van der Waals surface area contributed by atoms with Crippen LogP contribution < -0.4 is 0 Å². The molecule has 0 unspecified atom stereocenters. The van der Waals surface area contributed by atoms with Gasteiger partial charge in [0.1, 0.15) is 5.71 Å². The Kier molecular flexibility index (Phi) is 7.13. The first-order valence-corrected chi connectivity index (χ1v) is 14.0. The Bertz CT molecular complexity index is 1560. The molecule has 4 heterocycles. The fourth-order valence-electron chi connectivity index (χ4n) is 6.18. The predicted octanol–water partition coefficient (Wildman–Crippen LogP) is 4.50. The molecule has 1 aliphatic carbocycles. The van der Waals surface area contributed by atoms with E-state index in [4.69, 9.17) is 0 Å². The van der Waals surface area contributed by atoms with Gasteiger partial charge in [-0.2, -0.15) is 13.2 Å². The highest BCUT2D eigenvalue weighted by Gasteiger charge is 2.40. The highest BCUT2D eigenvalue weighted by Crippen LogP contribution is 2.32. The van der Waals surface area contributed by atoms with E-state index >= 15 is 0 Å². The number of aryl methyl sites for hydroxylation is 1. The molecule has 6 rings (SSSR count). The number of rotatable bonds is 5. The van der Waals surface area contributed by atoms with Gasteiger partial charge in [-0.25, -0.2) is 4.98 Å². The smallest absolute Gasteiger partial charge is 0.339 e.